The molecule has 1 amide bonds. The molecule has 4 aromatic carbocycles. The van der Waals surface area contributed by atoms with Crippen molar-refractivity contribution < 1.29 is 19.1 Å². The van der Waals surface area contributed by atoms with Gasteiger partial charge in [-0.1, -0.05) is 60.7 Å². The maximum absolute atomic E-state index is 13.2. The Hall–Kier alpha value is -4.38. The molecule has 4 rings (SSSR count). The molecule has 5 heteroatoms. The van der Waals surface area contributed by atoms with Gasteiger partial charge >= 0.3 is 0 Å². The number of rotatable bonds is 7. The molecule has 0 aliphatic carbocycles. The van der Waals surface area contributed by atoms with Crippen LogP contribution in [-0.4, -0.2) is 18.8 Å². The van der Waals surface area contributed by atoms with Gasteiger partial charge in [-0.15, -0.1) is 0 Å². The molecule has 1 N–H and O–H groups in total. The van der Waals surface area contributed by atoms with E-state index in [0.29, 0.717) is 39.6 Å². The lowest BCUT2D eigenvalue weighted by molar-refractivity contribution is 0.102. The fourth-order valence-electron chi connectivity index (χ4n) is 3.28. The highest BCUT2D eigenvalue weighted by atomic mass is 16.5. The zero-order valence-corrected chi connectivity index (χ0v) is 17.4. The van der Waals surface area contributed by atoms with E-state index in [0.717, 1.165) is 0 Å². The van der Waals surface area contributed by atoms with Gasteiger partial charge in [-0.2, -0.15) is 0 Å². The molecule has 0 radical (unpaired) electrons. The highest BCUT2D eigenvalue weighted by Gasteiger charge is 2.18. The van der Waals surface area contributed by atoms with E-state index < -0.39 is 5.91 Å². The maximum atomic E-state index is 13.2. The second-order valence-electron chi connectivity index (χ2n) is 6.97. The summed E-state index contributed by atoms with van der Waals surface area (Å²) in [5.41, 5.74) is 1.67. The van der Waals surface area contributed by atoms with Crippen molar-refractivity contribution in [1.82, 2.24) is 0 Å². The van der Waals surface area contributed by atoms with Crippen LogP contribution < -0.4 is 14.8 Å². The SMILES string of the molecule is COc1ccc(Oc2ccccc2)cc1C(=O)Nc1ccccc1C(=O)c1ccccc1. The number of methoxy groups -OCH3 is 1. The van der Waals surface area contributed by atoms with Gasteiger partial charge in [0.05, 0.1) is 18.4 Å². The highest BCUT2D eigenvalue weighted by molar-refractivity contribution is 6.15. The van der Waals surface area contributed by atoms with Crippen molar-refractivity contribution in [2.24, 2.45) is 0 Å². The Morgan fingerprint density at radius 2 is 1.34 bits per heavy atom. The standard InChI is InChI=1S/C27H21NO4/c1-31-25-17-16-21(32-20-12-6-3-7-13-20)18-23(25)27(30)28-24-15-9-8-14-22(24)26(29)19-10-4-2-5-11-19/h2-18H,1H3,(H,28,30). The number of hydrogen-bond donors (Lipinski definition) is 1. The molecule has 0 bridgehead atoms. The summed E-state index contributed by atoms with van der Waals surface area (Å²) in [5, 5.41) is 2.85. The van der Waals surface area contributed by atoms with Crippen molar-refractivity contribution in [1.29, 1.82) is 0 Å². The molecule has 0 saturated carbocycles. The third-order valence-corrected chi connectivity index (χ3v) is 4.85. The lowest BCUT2D eigenvalue weighted by atomic mass is 10.0. The summed E-state index contributed by atoms with van der Waals surface area (Å²) in [5.74, 6) is 0.969. The first-order chi connectivity index (χ1) is 15.7. The summed E-state index contributed by atoms with van der Waals surface area (Å²) in [6.45, 7) is 0. The molecule has 32 heavy (non-hydrogen) atoms. The van der Waals surface area contributed by atoms with E-state index in [4.69, 9.17) is 9.47 Å². The summed E-state index contributed by atoms with van der Waals surface area (Å²) in [6.07, 6.45) is 0. The van der Waals surface area contributed by atoms with Crippen LogP contribution in [0.15, 0.2) is 103 Å². The van der Waals surface area contributed by atoms with Crippen molar-refractivity contribution in [2.45, 2.75) is 0 Å². The predicted molar refractivity (Wildman–Crippen MR) is 124 cm³/mol. The number of hydrogen-bond acceptors (Lipinski definition) is 4. The molecular formula is C27H21NO4. The van der Waals surface area contributed by atoms with Crippen molar-refractivity contribution in [3.63, 3.8) is 0 Å². The van der Waals surface area contributed by atoms with E-state index in [2.05, 4.69) is 5.32 Å². The Morgan fingerprint density at radius 1 is 0.688 bits per heavy atom. The molecule has 0 heterocycles. The number of para-hydroxylation sites is 2. The van der Waals surface area contributed by atoms with E-state index in [1.54, 1.807) is 66.7 Å². The van der Waals surface area contributed by atoms with Gasteiger partial charge in [0.2, 0.25) is 0 Å². The number of anilines is 1. The first kappa shape index (κ1) is 20.9. The lowest BCUT2D eigenvalue weighted by Crippen LogP contribution is -2.16. The van der Waals surface area contributed by atoms with Crippen molar-refractivity contribution in [3.05, 3.63) is 120 Å². The van der Waals surface area contributed by atoms with Crippen LogP contribution in [0.1, 0.15) is 26.3 Å². The Morgan fingerprint density at radius 3 is 2.06 bits per heavy atom. The van der Waals surface area contributed by atoms with E-state index in [1.165, 1.54) is 7.11 Å². The Bertz CT molecular complexity index is 1240. The van der Waals surface area contributed by atoms with E-state index in [-0.39, 0.29) is 5.78 Å². The average Bonchev–Trinajstić information content (AvgIpc) is 2.85. The summed E-state index contributed by atoms with van der Waals surface area (Å²) >= 11 is 0. The number of nitrogens with one attached hydrogen (secondary N) is 1. The second kappa shape index (κ2) is 9.62. The van der Waals surface area contributed by atoms with Crippen LogP contribution in [0, 0.1) is 0 Å². The number of ether oxygens (including phenoxy) is 2. The van der Waals surface area contributed by atoms with Crippen molar-refractivity contribution in [2.75, 3.05) is 12.4 Å². The molecule has 0 atom stereocenters. The number of amides is 1. The monoisotopic (exact) mass is 423 g/mol. The van der Waals surface area contributed by atoms with Crippen LogP contribution in [0.2, 0.25) is 0 Å². The lowest BCUT2D eigenvalue weighted by Gasteiger charge is -2.14. The van der Waals surface area contributed by atoms with Gasteiger partial charge in [0, 0.05) is 11.1 Å². The molecule has 0 aliphatic rings. The van der Waals surface area contributed by atoms with Crippen LogP contribution in [0.3, 0.4) is 0 Å². The smallest absolute Gasteiger partial charge is 0.259 e. The van der Waals surface area contributed by atoms with E-state index >= 15 is 0 Å². The van der Waals surface area contributed by atoms with Crippen LogP contribution in [0.4, 0.5) is 5.69 Å². The van der Waals surface area contributed by atoms with Crippen LogP contribution in [0.25, 0.3) is 0 Å². The summed E-state index contributed by atoms with van der Waals surface area (Å²) < 4.78 is 11.2. The largest absolute Gasteiger partial charge is 0.496 e. The molecule has 0 aromatic heterocycles. The molecule has 0 fully saturated rings. The Balaban J connectivity index is 1.62. The normalized spacial score (nSPS) is 10.3. The number of ketones is 1. The van der Waals surface area contributed by atoms with Gasteiger partial charge in [-0.25, -0.2) is 0 Å². The van der Waals surface area contributed by atoms with Crippen LogP contribution in [-0.2, 0) is 0 Å². The topological polar surface area (TPSA) is 64.6 Å². The number of benzene rings is 4. The summed E-state index contributed by atoms with van der Waals surface area (Å²) in [4.78, 5) is 26.1. The highest BCUT2D eigenvalue weighted by Crippen LogP contribution is 2.29. The van der Waals surface area contributed by atoms with E-state index in [1.807, 2.05) is 36.4 Å². The zero-order valence-electron chi connectivity index (χ0n) is 17.4. The Labute approximate surface area is 186 Å². The minimum atomic E-state index is -0.409. The quantitative estimate of drug-likeness (QED) is 0.372. The van der Waals surface area contributed by atoms with Gasteiger partial charge in [0.25, 0.3) is 5.91 Å². The van der Waals surface area contributed by atoms with Gasteiger partial charge in [-0.3, -0.25) is 9.59 Å². The zero-order chi connectivity index (χ0) is 22.3. The summed E-state index contributed by atoms with van der Waals surface area (Å²) in [6, 6.07) is 30.2. The fraction of sp³-hybridized carbons (Fsp3) is 0.0370. The van der Waals surface area contributed by atoms with Crippen molar-refractivity contribution >= 4 is 17.4 Å². The van der Waals surface area contributed by atoms with Gasteiger partial charge in [-0.05, 0) is 42.5 Å². The second-order valence-corrected chi connectivity index (χ2v) is 6.97. The molecule has 4 aromatic rings. The van der Waals surface area contributed by atoms with Crippen LogP contribution >= 0.6 is 0 Å². The first-order valence-corrected chi connectivity index (χ1v) is 10.1. The van der Waals surface area contributed by atoms with Crippen molar-refractivity contribution in [3.8, 4) is 17.2 Å². The summed E-state index contributed by atoms with van der Waals surface area (Å²) in [7, 11) is 1.50. The molecule has 0 unspecified atom stereocenters. The van der Waals surface area contributed by atoms with Crippen LogP contribution in [0.5, 0.6) is 17.2 Å². The number of carbonyl (C=O) groups excluding carboxylic acids is 2. The molecular weight excluding hydrogens is 402 g/mol. The van der Waals surface area contributed by atoms with Gasteiger partial charge in [0.15, 0.2) is 5.78 Å². The minimum Gasteiger partial charge on any atom is -0.496 e. The predicted octanol–water partition coefficient (Wildman–Crippen LogP) is 5.97. The molecule has 5 nitrogen and oxygen atoms in total. The third kappa shape index (κ3) is 4.68. The maximum Gasteiger partial charge on any atom is 0.259 e. The third-order valence-electron chi connectivity index (χ3n) is 4.85. The fourth-order valence-corrected chi connectivity index (χ4v) is 3.28. The molecule has 158 valence electrons. The average molecular weight is 423 g/mol. The van der Waals surface area contributed by atoms with E-state index in [9.17, 15) is 9.59 Å². The van der Waals surface area contributed by atoms with Gasteiger partial charge < -0.3 is 14.8 Å². The number of carbonyl (C=O) groups is 2. The minimum absolute atomic E-state index is 0.172. The molecule has 0 aliphatic heterocycles. The molecule has 0 spiro atoms. The first-order valence-electron chi connectivity index (χ1n) is 10.1. The molecule has 0 saturated heterocycles. The van der Waals surface area contributed by atoms with Gasteiger partial charge in [0.1, 0.15) is 17.2 Å². The Kier molecular flexibility index (Phi) is 6.28.